The van der Waals surface area contributed by atoms with Crippen LogP contribution in [0.2, 0.25) is 0 Å². The number of aryl methyl sites for hydroxylation is 2. The second kappa shape index (κ2) is 6.32. The van der Waals surface area contributed by atoms with Gasteiger partial charge in [0.1, 0.15) is 0 Å². The molecule has 1 heterocycles. The average Bonchev–Trinajstić information content (AvgIpc) is 2.43. The fourth-order valence-corrected chi connectivity index (χ4v) is 3.64. The second-order valence-electron chi connectivity index (χ2n) is 5.93. The molecule has 0 atom stereocenters. The molecule has 116 valence electrons. The van der Waals surface area contributed by atoms with Crippen LogP contribution >= 0.6 is 11.8 Å². The third-order valence-corrected chi connectivity index (χ3v) is 5.47. The van der Waals surface area contributed by atoms with E-state index in [1.807, 2.05) is 20.8 Å². The summed E-state index contributed by atoms with van der Waals surface area (Å²) in [5.74, 6) is -0.547. The van der Waals surface area contributed by atoms with Crippen molar-refractivity contribution in [3.05, 3.63) is 17.0 Å². The number of hydrogen-bond donors (Lipinski definition) is 2. The van der Waals surface area contributed by atoms with Crippen LogP contribution in [0.3, 0.4) is 0 Å². The van der Waals surface area contributed by atoms with Crippen LogP contribution in [0.25, 0.3) is 0 Å². The smallest absolute Gasteiger partial charge is 0.306 e. The van der Waals surface area contributed by atoms with Crippen LogP contribution in [0.1, 0.15) is 42.6 Å². The van der Waals surface area contributed by atoms with Crippen molar-refractivity contribution in [2.75, 3.05) is 5.75 Å². The molecule has 1 aliphatic carbocycles. The van der Waals surface area contributed by atoms with Gasteiger partial charge in [0.15, 0.2) is 5.16 Å². The predicted molar refractivity (Wildman–Crippen MR) is 81.5 cm³/mol. The number of aliphatic carboxylic acids is 1. The fourth-order valence-electron chi connectivity index (χ4n) is 2.55. The summed E-state index contributed by atoms with van der Waals surface area (Å²) in [5, 5.41) is 20.2. The highest BCUT2D eigenvalue weighted by molar-refractivity contribution is 7.99. The predicted octanol–water partition coefficient (Wildman–Crippen LogP) is 2.50. The van der Waals surface area contributed by atoms with Crippen LogP contribution in [0, 0.1) is 26.7 Å². The normalized spacial score (nSPS) is 25.8. The lowest BCUT2D eigenvalue weighted by atomic mass is 9.80. The van der Waals surface area contributed by atoms with Gasteiger partial charge >= 0.3 is 5.97 Å². The standard InChI is InChI=1S/C15H22N2O3S/c1-9-10(2)16-14(17-11(9)3)21-8-15(20)6-4-12(5-7-15)13(18)19/h12,20H,4-8H2,1-3H3,(H,18,19). The zero-order valence-electron chi connectivity index (χ0n) is 12.7. The fraction of sp³-hybridized carbons (Fsp3) is 0.667. The van der Waals surface area contributed by atoms with E-state index < -0.39 is 11.6 Å². The maximum absolute atomic E-state index is 10.9. The Labute approximate surface area is 129 Å². The van der Waals surface area contributed by atoms with Crippen molar-refractivity contribution in [3.8, 4) is 0 Å². The maximum atomic E-state index is 10.9. The summed E-state index contributed by atoms with van der Waals surface area (Å²) in [7, 11) is 0. The number of carboxylic acid groups (broad SMARTS) is 1. The molecule has 1 saturated carbocycles. The number of carboxylic acids is 1. The molecule has 0 aromatic carbocycles. The van der Waals surface area contributed by atoms with Crippen LogP contribution in [0.4, 0.5) is 0 Å². The molecular weight excluding hydrogens is 288 g/mol. The van der Waals surface area contributed by atoms with Gasteiger partial charge in [0.05, 0.1) is 11.5 Å². The summed E-state index contributed by atoms with van der Waals surface area (Å²) in [6, 6.07) is 0. The Bertz CT molecular complexity index is 517. The first-order chi connectivity index (χ1) is 9.81. The van der Waals surface area contributed by atoms with Crippen LogP contribution < -0.4 is 0 Å². The van der Waals surface area contributed by atoms with Crippen LogP contribution in [0.5, 0.6) is 0 Å². The van der Waals surface area contributed by atoms with Crippen LogP contribution in [-0.4, -0.2) is 37.5 Å². The summed E-state index contributed by atoms with van der Waals surface area (Å²) in [4.78, 5) is 19.8. The van der Waals surface area contributed by atoms with E-state index >= 15 is 0 Å². The van der Waals surface area contributed by atoms with E-state index in [1.54, 1.807) is 0 Å². The Hall–Kier alpha value is -1.14. The highest BCUT2D eigenvalue weighted by Crippen LogP contribution is 2.35. The summed E-state index contributed by atoms with van der Waals surface area (Å²) in [6.45, 7) is 5.92. The SMILES string of the molecule is Cc1nc(SCC2(O)CCC(C(=O)O)CC2)nc(C)c1C. The molecular formula is C15H22N2O3S. The number of nitrogens with zero attached hydrogens (tertiary/aromatic N) is 2. The van der Waals surface area contributed by atoms with Crippen molar-refractivity contribution in [3.63, 3.8) is 0 Å². The first-order valence-electron chi connectivity index (χ1n) is 7.20. The van der Waals surface area contributed by atoms with E-state index in [4.69, 9.17) is 5.11 Å². The first kappa shape index (κ1) is 16.2. The number of carbonyl (C=O) groups is 1. The van der Waals surface area contributed by atoms with Crippen molar-refractivity contribution in [1.82, 2.24) is 9.97 Å². The Morgan fingerprint density at radius 2 is 1.76 bits per heavy atom. The molecule has 1 aromatic heterocycles. The molecule has 0 saturated heterocycles. The van der Waals surface area contributed by atoms with E-state index in [0.29, 0.717) is 36.6 Å². The third-order valence-electron chi connectivity index (χ3n) is 4.35. The zero-order chi connectivity index (χ0) is 15.6. The van der Waals surface area contributed by atoms with E-state index in [2.05, 4.69) is 9.97 Å². The topological polar surface area (TPSA) is 83.3 Å². The molecule has 0 unspecified atom stereocenters. The zero-order valence-corrected chi connectivity index (χ0v) is 13.5. The van der Waals surface area contributed by atoms with Gasteiger partial charge in [-0.2, -0.15) is 0 Å². The molecule has 2 rings (SSSR count). The lowest BCUT2D eigenvalue weighted by molar-refractivity contribution is -0.144. The van der Waals surface area contributed by atoms with Gasteiger partial charge in [-0.15, -0.1) is 0 Å². The minimum atomic E-state index is -0.799. The van der Waals surface area contributed by atoms with Crippen molar-refractivity contribution >= 4 is 17.7 Å². The van der Waals surface area contributed by atoms with E-state index in [9.17, 15) is 9.90 Å². The quantitative estimate of drug-likeness (QED) is 0.657. The summed E-state index contributed by atoms with van der Waals surface area (Å²) in [6.07, 6.45) is 2.14. The lowest BCUT2D eigenvalue weighted by Gasteiger charge is -2.34. The van der Waals surface area contributed by atoms with Crippen LogP contribution in [-0.2, 0) is 4.79 Å². The van der Waals surface area contributed by atoms with Gasteiger partial charge in [-0.3, -0.25) is 4.79 Å². The minimum Gasteiger partial charge on any atom is -0.481 e. The maximum Gasteiger partial charge on any atom is 0.306 e. The number of rotatable bonds is 4. The Morgan fingerprint density at radius 1 is 1.24 bits per heavy atom. The monoisotopic (exact) mass is 310 g/mol. The molecule has 5 nitrogen and oxygen atoms in total. The molecule has 0 bridgehead atoms. The Kier molecular flexibility index (Phi) is 4.88. The molecule has 0 amide bonds. The average molecular weight is 310 g/mol. The molecule has 1 aliphatic rings. The van der Waals surface area contributed by atoms with Gasteiger partial charge in [-0.1, -0.05) is 11.8 Å². The van der Waals surface area contributed by atoms with Gasteiger partial charge in [0.2, 0.25) is 0 Å². The van der Waals surface area contributed by atoms with Crippen LogP contribution in [0.15, 0.2) is 5.16 Å². The minimum absolute atomic E-state index is 0.310. The van der Waals surface area contributed by atoms with Crippen molar-refractivity contribution in [2.24, 2.45) is 5.92 Å². The number of aromatic nitrogens is 2. The molecule has 0 radical (unpaired) electrons. The largest absolute Gasteiger partial charge is 0.481 e. The molecule has 1 fully saturated rings. The van der Waals surface area contributed by atoms with Crippen molar-refractivity contribution in [2.45, 2.75) is 57.2 Å². The van der Waals surface area contributed by atoms with Gasteiger partial charge in [0.25, 0.3) is 0 Å². The summed E-state index contributed by atoms with van der Waals surface area (Å²) >= 11 is 1.45. The van der Waals surface area contributed by atoms with Gasteiger partial charge < -0.3 is 10.2 Å². The van der Waals surface area contributed by atoms with Gasteiger partial charge in [0, 0.05) is 17.1 Å². The second-order valence-corrected chi connectivity index (χ2v) is 6.87. The Balaban J connectivity index is 1.95. The van der Waals surface area contributed by atoms with Crippen molar-refractivity contribution in [1.29, 1.82) is 0 Å². The third kappa shape index (κ3) is 3.95. The first-order valence-corrected chi connectivity index (χ1v) is 8.19. The summed E-state index contributed by atoms with van der Waals surface area (Å²) < 4.78 is 0. The lowest BCUT2D eigenvalue weighted by Crippen LogP contribution is -2.38. The van der Waals surface area contributed by atoms with E-state index in [-0.39, 0.29) is 5.92 Å². The highest BCUT2D eigenvalue weighted by Gasteiger charge is 2.36. The van der Waals surface area contributed by atoms with Gasteiger partial charge in [-0.25, -0.2) is 9.97 Å². The van der Waals surface area contributed by atoms with E-state index in [1.165, 1.54) is 11.8 Å². The molecule has 2 N–H and O–H groups in total. The number of thioether (sulfide) groups is 1. The number of hydrogen-bond acceptors (Lipinski definition) is 5. The highest BCUT2D eigenvalue weighted by atomic mass is 32.2. The van der Waals surface area contributed by atoms with E-state index in [0.717, 1.165) is 17.0 Å². The molecule has 0 aliphatic heterocycles. The van der Waals surface area contributed by atoms with Crippen molar-refractivity contribution < 1.29 is 15.0 Å². The Morgan fingerprint density at radius 3 is 2.24 bits per heavy atom. The molecule has 0 spiro atoms. The number of aliphatic hydroxyl groups is 1. The summed E-state index contributed by atoms with van der Waals surface area (Å²) in [5.41, 5.74) is 2.23. The molecule has 21 heavy (non-hydrogen) atoms. The molecule has 6 heteroatoms. The van der Waals surface area contributed by atoms with Gasteiger partial charge in [-0.05, 0) is 52.0 Å². The molecule has 1 aromatic rings.